The zero-order valence-corrected chi connectivity index (χ0v) is 13.6. The third-order valence-corrected chi connectivity index (χ3v) is 3.63. The highest BCUT2D eigenvalue weighted by Crippen LogP contribution is 2.27. The van der Waals surface area contributed by atoms with Crippen molar-refractivity contribution in [2.45, 2.75) is 32.9 Å². The molecule has 0 aliphatic rings. The number of pyridine rings is 1. The lowest BCUT2D eigenvalue weighted by Gasteiger charge is -2.21. The Hall–Kier alpha value is -1.58. The van der Waals surface area contributed by atoms with Gasteiger partial charge in [-0.3, -0.25) is 4.98 Å². The maximum atomic E-state index is 6.40. The predicted molar refractivity (Wildman–Crippen MR) is 89.9 cm³/mol. The summed E-state index contributed by atoms with van der Waals surface area (Å²) in [6.07, 6.45) is 0.836. The Kier molecular flexibility index (Phi) is 5.21. The Labute approximate surface area is 131 Å². The first-order valence-corrected chi connectivity index (χ1v) is 7.51. The molecule has 112 valence electrons. The Morgan fingerprint density at radius 2 is 2.05 bits per heavy atom. The SMILES string of the molecule is Cc1cccc(CN(C)c2ccc(CC(C)N)cc2Cl)n1. The van der Waals surface area contributed by atoms with E-state index in [-0.39, 0.29) is 6.04 Å². The van der Waals surface area contributed by atoms with E-state index in [9.17, 15) is 0 Å². The molecule has 0 radical (unpaired) electrons. The van der Waals surface area contributed by atoms with E-state index in [0.717, 1.165) is 35.1 Å². The van der Waals surface area contributed by atoms with Gasteiger partial charge >= 0.3 is 0 Å². The molecule has 21 heavy (non-hydrogen) atoms. The van der Waals surface area contributed by atoms with Gasteiger partial charge < -0.3 is 10.6 Å². The molecule has 0 fully saturated rings. The van der Waals surface area contributed by atoms with Crippen molar-refractivity contribution in [2.75, 3.05) is 11.9 Å². The molecule has 4 heteroatoms. The van der Waals surface area contributed by atoms with Crippen molar-refractivity contribution >= 4 is 17.3 Å². The molecule has 1 aromatic carbocycles. The maximum absolute atomic E-state index is 6.40. The Bertz CT molecular complexity index is 611. The number of aryl methyl sites for hydroxylation is 1. The van der Waals surface area contributed by atoms with E-state index in [1.807, 2.05) is 45.2 Å². The number of benzene rings is 1. The normalized spacial score (nSPS) is 12.2. The highest BCUT2D eigenvalue weighted by atomic mass is 35.5. The number of nitrogens with zero attached hydrogens (tertiary/aromatic N) is 2. The molecular formula is C17H22ClN3. The second-order valence-electron chi connectivity index (χ2n) is 5.59. The minimum atomic E-state index is 0.140. The number of halogens is 1. The lowest BCUT2D eigenvalue weighted by molar-refractivity contribution is 0.738. The van der Waals surface area contributed by atoms with Gasteiger partial charge in [0, 0.05) is 18.8 Å². The van der Waals surface area contributed by atoms with Gasteiger partial charge in [0.25, 0.3) is 0 Å². The summed E-state index contributed by atoms with van der Waals surface area (Å²) in [4.78, 5) is 6.63. The summed E-state index contributed by atoms with van der Waals surface area (Å²) in [6, 6.07) is 12.3. The van der Waals surface area contributed by atoms with Crippen LogP contribution in [0.2, 0.25) is 5.02 Å². The molecule has 0 spiro atoms. The highest BCUT2D eigenvalue weighted by molar-refractivity contribution is 6.33. The van der Waals surface area contributed by atoms with Gasteiger partial charge in [0.2, 0.25) is 0 Å². The first-order chi connectivity index (χ1) is 9.95. The van der Waals surface area contributed by atoms with Crippen LogP contribution in [-0.2, 0) is 13.0 Å². The van der Waals surface area contributed by atoms with E-state index in [1.165, 1.54) is 5.56 Å². The quantitative estimate of drug-likeness (QED) is 0.918. The predicted octanol–water partition coefficient (Wildman–Crippen LogP) is 3.57. The highest BCUT2D eigenvalue weighted by Gasteiger charge is 2.09. The van der Waals surface area contributed by atoms with Gasteiger partial charge in [0.1, 0.15) is 0 Å². The molecule has 3 nitrogen and oxygen atoms in total. The van der Waals surface area contributed by atoms with Crippen LogP contribution in [0.4, 0.5) is 5.69 Å². The first-order valence-electron chi connectivity index (χ1n) is 7.13. The second-order valence-corrected chi connectivity index (χ2v) is 6.00. The van der Waals surface area contributed by atoms with Gasteiger partial charge in [-0.1, -0.05) is 23.7 Å². The lowest BCUT2D eigenvalue weighted by Crippen LogP contribution is -2.19. The summed E-state index contributed by atoms with van der Waals surface area (Å²) < 4.78 is 0. The minimum Gasteiger partial charge on any atom is -0.367 e. The summed E-state index contributed by atoms with van der Waals surface area (Å²) in [5.41, 5.74) is 10.1. The maximum Gasteiger partial charge on any atom is 0.0642 e. The van der Waals surface area contributed by atoms with Crippen LogP contribution in [0, 0.1) is 6.92 Å². The summed E-state index contributed by atoms with van der Waals surface area (Å²) in [5, 5.41) is 0.753. The van der Waals surface area contributed by atoms with E-state index in [0.29, 0.717) is 0 Å². The van der Waals surface area contributed by atoms with Crippen molar-refractivity contribution in [3.05, 3.63) is 58.4 Å². The molecule has 2 rings (SSSR count). The summed E-state index contributed by atoms with van der Waals surface area (Å²) >= 11 is 6.40. The van der Waals surface area contributed by atoms with E-state index < -0.39 is 0 Å². The van der Waals surface area contributed by atoms with Crippen LogP contribution in [0.15, 0.2) is 36.4 Å². The largest absolute Gasteiger partial charge is 0.367 e. The molecular weight excluding hydrogens is 282 g/mol. The lowest BCUT2D eigenvalue weighted by atomic mass is 10.1. The smallest absolute Gasteiger partial charge is 0.0642 e. The standard InChI is InChI=1S/C17H22ClN3/c1-12(19)9-14-7-8-17(16(18)10-14)21(3)11-15-6-4-5-13(2)20-15/h4-8,10,12H,9,11,19H2,1-3H3. The van der Waals surface area contributed by atoms with Crippen molar-refractivity contribution in [1.82, 2.24) is 4.98 Å². The minimum absolute atomic E-state index is 0.140. The third kappa shape index (κ3) is 4.45. The fourth-order valence-electron chi connectivity index (χ4n) is 2.37. The van der Waals surface area contributed by atoms with Crippen LogP contribution in [-0.4, -0.2) is 18.1 Å². The van der Waals surface area contributed by atoms with Gasteiger partial charge in [-0.25, -0.2) is 0 Å². The number of hydrogen-bond donors (Lipinski definition) is 1. The van der Waals surface area contributed by atoms with Gasteiger partial charge in [-0.2, -0.15) is 0 Å². The van der Waals surface area contributed by atoms with Gasteiger partial charge in [-0.05, 0) is 50.1 Å². The second kappa shape index (κ2) is 6.92. The van der Waals surface area contributed by atoms with Crippen molar-refractivity contribution < 1.29 is 0 Å². The molecule has 0 bridgehead atoms. The van der Waals surface area contributed by atoms with Crippen molar-refractivity contribution in [2.24, 2.45) is 5.73 Å². The zero-order chi connectivity index (χ0) is 15.4. The molecule has 0 aliphatic heterocycles. The summed E-state index contributed by atoms with van der Waals surface area (Å²) in [5.74, 6) is 0. The molecule has 0 saturated heterocycles. The van der Waals surface area contributed by atoms with Crippen LogP contribution >= 0.6 is 11.6 Å². The van der Waals surface area contributed by atoms with Crippen molar-refractivity contribution in [1.29, 1.82) is 0 Å². The van der Waals surface area contributed by atoms with E-state index in [2.05, 4.69) is 22.0 Å². The van der Waals surface area contributed by atoms with E-state index >= 15 is 0 Å². The first kappa shape index (κ1) is 15.8. The van der Waals surface area contributed by atoms with Crippen LogP contribution in [0.3, 0.4) is 0 Å². The van der Waals surface area contributed by atoms with Gasteiger partial charge in [0.15, 0.2) is 0 Å². The Morgan fingerprint density at radius 3 is 2.67 bits per heavy atom. The molecule has 0 aliphatic carbocycles. The average molecular weight is 304 g/mol. The number of rotatable bonds is 5. The monoisotopic (exact) mass is 303 g/mol. The number of aromatic nitrogens is 1. The molecule has 0 amide bonds. The topological polar surface area (TPSA) is 42.1 Å². The zero-order valence-electron chi connectivity index (χ0n) is 12.8. The average Bonchev–Trinajstić information content (AvgIpc) is 2.37. The van der Waals surface area contributed by atoms with Crippen molar-refractivity contribution in [3.63, 3.8) is 0 Å². The van der Waals surface area contributed by atoms with Crippen LogP contribution in [0.5, 0.6) is 0 Å². The summed E-state index contributed by atoms with van der Waals surface area (Å²) in [7, 11) is 2.02. The fourth-order valence-corrected chi connectivity index (χ4v) is 2.72. The van der Waals surface area contributed by atoms with E-state index in [1.54, 1.807) is 0 Å². The molecule has 1 atom stereocenters. The van der Waals surface area contributed by atoms with Crippen LogP contribution in [0.1, 0.15) is 23.9 Å². The van der Waals surface area contributed by atoms with Gasteiger partial charge in [-0.15, -0.1) is 0 Å². The van der Waals surface area contributed by atoms with Crippen molar-refractivity contribution in [3.8, 4) is 0 Å². The van der Waals surface area contributed by atoms with Crippen LogP contribution in [0.25, 0.3) is 0 Å². The summed E-state index contributed by atoms with van der Waals surface area (Å²) in [6.45, 7) is 4.73. The molecule has 2 aromatic rings. The van der Waals surface area contributed by atoms with Gasteiger partial charge in [0.05, 0.1) is 22.9 Å². The number of hydrogen-bond acceptors (Lipinski definition) is 3. The molecule has 1 heterocycles. The fraction of sp³-hybridized carbons (Fsp3) is 0.353. The molecule has 2 N–H and O–H groups in total. The van der Waals surface area contributed by atoms with E-state index in [4.69, 9.17) is 17.3 Å². The number of nitrogens with two attached hydrogens (primary N) is 1. The Morgan fingerprint density at radius 1 is 1.29 bits per heavy atom. The molecule has 0 saturated carbocycles. The molecule has 1 aromatic heterocycles. The van der Waals surface area contributed by atoms with Crippen LogP contribution < -0.4 is 10.6 Å². The number of anilines is 1. The molecule has 1 unspecified atom stereocenters. The third-order valence-electron chi connectivity index (χ3n) is 3.33. The Balaban J connectivity index is 2.13.